The van der Waals surface area contributed by atoms with Crippen LogP contribution in [-0.2, 0) is 11.3 Å². The van der Waals surface area contributed by atoms with Gasteiger partial charge in [0.05, 0.1) is 0 Å². The molecular formula is C11H13ClN2O. The molecule has 3 nitrogen and oxygen atoms in total. The molecule has 0 aromatic heterocycles. The first kappa shape index (κ1) is 10.3. The van der Waals surface area contributed by atoms with Crippen molar-refractivity contribution in [3.63, 3.8) is 0 Å². The lowest BCUT2D eigenvalue weighted by atomic mass is 10.2. The van der Waals surface area contributed by atoms with Gasteiger partial charge in [-0.05, 0) is 30.2 Å². The highest BCUT2D eigenvalue weighted by molar-refractivity contribution is 6.30. The van der Waals surface area contributed by atoms with Gasteiger partial charge in [0, 0.05) is 30.2 Å². The number of nitrogens with two attached hydrogens (primary N) is 1. The number of amides is 1. The Kier molecular flexibility index (Phi) is 2.82. The Morgan fingerprint density at radius 2 is 2.20 bits per heavy atom. The predicted molar refractivity (Wildman–Crippen MR) is 60.5 cm³/mol. The highest BCUT2D eigenvalue weighted by Crippen LogP contribution is 2.20. The van der Waals surface area contributed by atoms with Gasteiger partial charge in [0.25, 0.3) is 0 Å². The first-order chi connectivity index (χ1) is 7.15. The summed E-state index contributed by atoms with van der Waals surface area (Å²) in [6, 6.07) is 5.41. The average molecular weight is 225 g/mol. The molecule has 0 saturated carbocycles. The smallest absolute Gasteiger partial charge is 0.222 e. The molecule has 1 aromatic carbocycles. The zero-order valence-electron chi connectivity index (χ0n) is 8.37. The van der Waals surface area contributed by atoms with Gasteiger partial charge in [-0.25, -0.2) is 0 Å². The number of benzene rings is 1. The van der Waals surface area contributed by atoms with Gasteiger partial charge in [0.1, 0.15) is 0 Å². The third-order valence-corrected chi connectivity index (χ3v) is 2.74. The Morgan fingerprint density at radius 1 is 1.40 bits per heavy atom. The lowest BCUT2D eigenvalue weighted by Crippen LogP contribution is -2.23. The Labute approximate surface area is 93.8 Å². The first-order valence-corrected chi connectivity index (χ1v) is 5.35. The van der Waals surface area contributed by atoms with Gasteiger partial charge in [-0.1, -0.05) is 11.6 Å². The van der Waals surface area contributed by atoms with Crippen molar-refractivity contribution in [1.82, 2.24) is 4.90 Å². The molecule has 0 spiro atoms. The molecule has 1 fully saturated rings. The van der Waals surface area contributed by atoms with Crippen LogP contribution in [0.1, 0.15) is 18.4 Å². The SMILES string of the molecule is Nc1cc(Cl)cc(CN2CCCC2=O)c1. The number of anilines is 1. The second-order valence-corrected chi connectivity index (χ2v) is 4.25. The molecule has 0 unspecified atom stereocenters. The van der Waals surface area contributed by atoms with Gasteiger partial charge in [0.2, 0.25) is 5.91 Å². The molecule has 4 heteroatoms. The molecule has 2 rings (SSSR count). The molecule has 80 valence electrons. The summed E-state index contributed by atoms with van der Waals surface area (Å²) in [6.45, 7) is 1.45. The maximum Gasteiger partial charge on any atom is 0.222 e. The molecule has 1 aliphatic rings. The van der Waals surface area contributed by atoms with Crippen molar-refractivity contribution in [2.75, 3.05) is 12.3 Å². The molecule has 0 atom stereocenters. The molecule has 0 radical (unpaired) electrons. The maximum absolute atomic E-state index is 11.4. The van der Waals surface area contributed by atoms with Gasteiger partial charge < -0.3 is 10.6 Å². The van der Waals surface area contributed by atoms with Crippen LogP contribution in [0.25, 0.3) is 0 Å². The van der Waals surface area contributed by atoms with Crippen LogP contribution in [0.2, 0.25) is 5.02 Å². The number of likely N-dealkylation sites (tertiary alicyclic amines) is 1. The number of nitrogen functional groups attached to an aromatic ring is 1. The molecule has 2 N–H and O–H groups in total. The lowest BCUT2D eigenvalue weighted by Gasteiger charge is -2.15. The summed E-state index contributed by atoms with van der Waals surface area (Å²) < 4.78 is 0. The van der Waals surface area contributed by atoms with Crippen LogP contribution in [0.3, 0.4) is 0 Å². The number of halogens is 1. The average Bonchev–Trinajstić information content (AvgIpc) is 2.50. The van der Waals surface area contributed by atoms with Crippen molar-refractivity contribution in [3.05, 3.63) is 28.8 Å². The zero-order chi connectivity index (χ0) is 10.8. The van der Waals surface area contributed by atoms with E-state index in [-0.39, 0.29) is 5.91 Å². The van der Waals surface area contributed by atoms with E-state index in [2.05, 4.69) is 0 Å². The van der Waals surface area contributed by atoms with Crippen LogP contribution in [0.15, 0.2) is 18.2 Å². The van der Waals surface area contributed by atoms with E-state index in [0.717, 1.165) is 18.5 Å². The first-order valence-electron chi connectivity index (χ1n) is 4.98. The third kappa shape index (κ3) is 2.42. The molecule has 1 amide bonds. The van der Waals surface area contributed by atoms with Crippen LogP contribution in [-0.4, -0.2) is 17.4 Å². The van der Waals surface area contributed by atoms with Gasteiger partial charge in [-0.3, -0.25) is 4.79 Å². The van der Waals surface area contributed by atoms with Crippen LogP contribution < -0.4 is 5.73 Å². The lowest BCUT2D eigenvalue weighted by molar-refractivity contribution is -0.128. The van der Waals surface area contributed by atoms with Crippen LogP contribution in [0.5, 0.6) is 0 Å². The predicted octanol–water partition coefficient (Wildman–Crippen LogP) is 2.04. The number of hydrogen-bond acceptors (Lipinski definition) is 2. The van der Waals surface area contributed by atoms with Gasteiger partial charge in [0.15, 0.2) is 0 Å². The van der Waals surface area contributed by atoms with Gasteiger partial charge >= 0.3 is 0 Å². The second kappa shape index (κ2) is 4.11. The number of carbonyl (C=O) groups is 1. The van der Waals surface area contributed by atoms with E-state index < -0.39 is 0 Å². The summed E-state index contributed by atoms with van der Waals surface area (Å²) in [5.41, 5.74) is 7.32. The van der Waals surface area contributed by atoms with E-state index in [1.165, 1.54) is 0 Å². The van der Waals surface area contributed by atoms with Crippen molar-refractivity contribution >= 4 is 23.2 Å². The number of carbonyl (C=O) groups excluding carboxylic acids is 1. The number of nitrogens with zero attached hydrogens (tertiary/aromatic N) is 1. The maximum atomic E-state index is 11.4. The van der Waals surface area contributed by atoms with Crippen LogP contribution in [0, 0.1) is 0 Å². The third-order valence-electron chi connectivity index (χ3n) is 2.52. The number of hydrogen-bond donors (Lipinski definition) is 1. The summed E-state index contributed by atoms with van der Waals surface area (Å²) in [5.74, 6) is 0.216. The Hall–Kier alpha value is -1.22. The van der Waals surface area contributed by atoms with Gasteiger partial charge in [-0.2, -0.15) is 0 Å². The van der Waals surface area contributed by atoms with Crippen LogP contribution in [0.4, 0.5) is 5.69 Å². The number of rotatable bonds is 2. The minimum Gasteiger partial charge on any atom is -0.399 e. The molecule has 1 saturated heterocycles. The highest BCUT2D eigenvalue weighted by Gasteiger charge is 2.19. The standard InChI is InChI=1S/C11H13ClN2O/c12-9-4-8(5-10(13)6-9)7-14-3-1-2-11(14)15/h4-6H,1-3,7,13H2. The summed E-state index contributed by atoms with van der Waals surface area (Å²) in [6.07, 6.45) is 1.62. The molecule has 15 heavy (non-hydrogen) atoms. The van der Waals surface area contributed by atoms with Crippen molar-refractivity contribution in [2.24, 2.45) is 0 Å². The van der Waals surface area contributed by atoms with Gasteiger partial charge in [-0.15, -0.1) is 0 Å². The Bertz CT molecular complexity index is 372. The summed E-state index contributed by atoms with van der Waals surface area (Å²) in [5, 5.41) is 0.622. The van der Waals surface area contributed by atoms with E-state index in [4.69, 9.17) is 17.3 Å². The largest absolute Gasteiger partial charge is 0.399 e. The highest BCUT2D eigenvalue weighted by atomic mass is 35.5. The minimum atomic E-state index is 0.216. The molecular weight excluding hydrogens is 212 g/mol. The minimum absolute atomic E-state index is 0.216. The summed E-state index contributed by atoms with van der Waals surface area (Å²) in [7, 11) is 0. The van der Waals surface area contributed by atoms with E-state index in [0.29, 0.717) is 23.7 Å². The van der Waals surface area contributed by atoms with E-state index >= 15 is 0 Å². The summed E-state index contributed by atoms with van der Waals surface area (Å²) in [4.78, 5) is 13.2. The monoisotopic (exact) mass is 224 g/mol. The quantitative estimate of drug-likeness (QED) is 0.782. The fourth-order valence-corrected chi connectivity index (χ4v) is 2.12. The van der Waals surface area contributed by atoms with E-state index in [1.54, 1.807) is 6.07 Å². The van der Waals surface area contributed by atoms with E-state index in [9.17, 15) is 4.79 Å². The van der Waals surface area contributed by atoms with E-state index in [1.807, 2.05) is 17.0 Å². The van der Waals surface area contributed by atoms with Crippen molar-refractivity contribution < 1.29 is 4.79 Å². The molecule has 0 aliphatic carbocycles. The Balaban J connectivity index is 2.13. The van der Waals surface area contributed by atoms with Crippen molar-refractivity contribution in [2.45, 2.75) is 19.4 Å². The Morgan fingerprint density at radius 3 is 2.80 bits per heavy atom. The summed E-state index contributed by atoms with van der Waals surface area (Å²) >= 11 is 5.89. The normalized spacial score (nSPS) is 16.1. The van der Waals surface area contributed by atoms with Crippen molar-refractivity contribution in [1.29, 1.82) is 0 Å². The fourth-order valence-electron chi connectivity index (χ4n) is 1.86. The molecule has 1 heterocycles. The topological polar surface area (TPSA) is 46.3 Å². The van der Waals surface area contributed by atoms with Crippen LogP contribution >= 0.6 is 11.6 Å². The molecule has 0 bridgehead atoms. The molecule has 1 aliphatic heterocycles. The fraction of sp³-hybridized carbons (Fsp3) is 0.364. The second-order valence-electron chi connectivity index (χ2n) is 3.81. The zero-order valence-corrected chi connectivity index (χ0v) is 9.13. The van der Waals surface area contributed by atoms with Crippen molar-refractivity contribution in [3.8, 4) is 0 Å². The molecule has 1 aromatic rings.